The summed E-state index contributed by atoms with van der Waals surface area (Å²) in [6.07, 6.45) is 11.3. The van der Waals surface area contributed by atoms with Crippen LogP contribution in [0.15, 0.2) is 24.7 Å². The van der Waals surface area contributed by atoms with Gasteiger partial charge < -0.3 is 9.47 Å². The molecule has 0 aromatic carbocycles. The monoisotopic (exact) mass is 182 g/mol. The summed E-state index contributed by atoms with van der Waals surface area (Å²) in [4.78, 5) is 0. The van der Waals surface area contributed by atoms with Crippen LogP contribution in [-0.2, 0) is 9.47 Å². The lowest BCUT2D eigenvalue weighted by molar-refractivity contribution is 0.108. The smallest absolute Gasteiger partial charge is 0.101 e. The zero-order valence-electron chi connectivity index (χ0n) is 8.40. The molecule has 0 spiro atoms. The molecule has 0 heterocycles. The van der Waals surface area contributed by atoms with Gasteiger partial charge in [0.1, 0.15) is 12.2 Å². The van der Waals surface area contributed by atoms with E-state index < -0.39 is 0 Å². The number of allylic oxidation sites excluding steroid dienone is 2. The highest BCUT2D eigenvalue weighted by molar-refractivity contribution is 4.81. The second-order valence-corrected chi connectivity index (χ2v) is 3.27. The number of rotatable bonds is 4. The van der Waals surface area contributed by atoms with E-state index in [2.05, 4.69) is 0 Å². The fraction of sp³-hybridized carbons (Fsp3) is 0.636. The third-order valence-corrected chi connectivity index (χ3v) is 2.15. The van der Waals surface area contributed by atoms with E-state index in [-0.39, 0.29) is 0 Å². The van der Waals surface area contributed by atoms with Crippen LogP contribution in [0.2, 0.25) is 0 Å². The van der Waals surface area contributed by atoms with E-state index in [4.69, 9.17) is 9.47 Å². The maximum Gasteiger partial charge on any atom is 0.101 e. The first-order valence-corrected chi connectivity index (χ1v) is 4.90. The highest BCUT2D eigenvalue weighted by Crippen LogP contribution is 2.24. The van der Waals surface area contributed by atoms with Crippen molar-refractivity contribution in [2.75, 3.05) is 0 Å². The summed E-state index contributed by atoms with van der Waals surface area (Å²) >= 11 is 0. The van der Waals surface area contributed by atoms with Crippen molar-refractivity contribution in [1.82, 2.24) is 0 Å². The average molecular weight is 182 g/mol. The van der Waals surface area contributed by atoms with Crippen LogP contribution in [0, 0.1) is 0 Å². The molecule has 0 aromatic heterocycles. The maximum atomic E-state index is 5.48. The Balaban J connectivity index is 2.19. The zero-order valence-corrected chi connectivity index (χ0v) is 8.40. The third kappa shape index (κ3) is 3.53. The van der Waals surface area contributed by atoms with Crippen LogP contribution in [0.25, 0.3) is 0 Å². The third-order valence-electron chi connectivity index (χ3n) is 2.15. The Morgan fingerprint density at radius 3 is 1.77 bits per heavy atom. The van der Waals surface area contributed by atoms with Gasteiger partial charge >= 0.3 is 0 Å². The Bertz CT molecular complexity index is 165. The summed E-state index contributed by atoms with van der Waals surface area (Å²) < 4.78 is 11.0. The van der Waals surface area contributed by atoms with Gasteiger partial charge in [-0.25, -0.2) is 0 Å². The highest BCUT2D eigenvalue weighted by Gasteiger charge is 2.25. The number of ether oxygens (including phenoxy) is 2. The summed E-state index contributed by atoms with van der Waals surface area (Å²) in [5.74, 6) is 0. The fourth-order valence-electron chi connectivity index (χ4n) is 1.53. The maximum absolute atomic E-state index is 5.48. The molecule has 0 amide bonds. The van der Waals surface area contributed by atoms with Crippen molar-refractivity contribution in [2.45, 2.75) is 45.3 Å². The normalized spacial score (nSPS) is 28.8. The van der Waals surface area contributed by atoms with Gasteiger partial charge in [0.15, 0.2) is 0 Å². The summed E-state index contributed by atoms with van der Waals surface area (Å²) in [6, 6.07) is 0. The van der Waals surface area contributed by atoms with Gasteiger partial charge in [-0.2, -0.15) is 0 Å². The molecule has 1 aliphatic rings. The molecule has 2 nitrogen and oxygen atoms in total. The van der Waals surface area contributed by atoms with Crippen molar-refractivity contribution in [3.8, 4) is 0 Å². The van der Waals surface area contributed by atoms with E-state index in [1.54, 1.807) is 12.5 Å². The van der Waals surface area contributed by atoms with Crippen molar-refractivity contribution < 1.29 is 9.47 Å². The summed E-state index contributed by atoms with van der Waals surface area (Å²) in [7, 11) is 0. The van der Waals surface area contributed by atoms with Gasteiger partial charge in [-0.3, -0.25) is 0 Å². The quantitative estimate of drug-likeness (QED) is 0.622. The van der Waals surface area contributed by atoms with Crippen molar-refractivity contribution in [1.29, 1.82) is 0 Å². The van der Waals surface area contributed by atoms with Crippen molar-refractivity contribution >= 4 is 0 Å². The van der Waals surface area contributed by atoms with Crippen LogP contribution in [0.4, 0.5) is 0 Å². The Labute approximate surface area is 80.2 Å². The molecule has 0 aromatic rings. The van der Waals surface area contributed by atoms with Gasteiger partial charge in [0.2, 0.25) is 0 Å². The zero-order chi connectivity index (χ0) is 9.52. The van der Waals surface area contributed by atoms with Crippen LogP contribution in [0.1, 0.15) is 33.1 Å². The highest BCUT2D eigenvalue weighted by atomic mass is 16.5. The second kappa shape index (κ2) is 5.68. The largest absolute Gasteiger partial charge is 0.498 e. The molecule has 0 saturated heterocycles. The first-order valence-electron chi connectivity index (χ1n) is 4.90. The summed E-state index contributed by atoms with van der Waals surface area (Å²) in [6.45, 7) is 3.92. The van der Waals surface area contributed by atoms with E-state index in [1.165, 1.54) is 0 Å². The average Bonchev–Trinajstić information content (AvgIpc) is 2.59. The summed E-state index contributed by atoms with van der Waals surface area (Å²) in [5.41, 5.74) is 0. The molecule has 1 aliphatic carbocycles. The minimum atomic E-state index is 0.353. The van der Waals surface area contributed by atoms with Gasteiger partial charge in [0.25, 0.3) is 0 Å². The molecule has 0 N–H and O–H groups in total. The van der Waals surface area contributed by atoms with E-state index >= 15 is 0 Å². The molecule has 74 valence electrons. The van der Waals surface area contributed by atoms with E-state index in [0.29, 0.717) is 12.2 Å². The SMILES string of the molecule is CC=COC1CCC(OC=CC)C1. The van der Waals surface area contributed by atoms with Crippen LogP contribution < -0.4 is 0 Å². The first kappa shape index (κ1) is 10.2. The van der Waals surface area contributed by atoms with Crippen LogP contribution in [-0.4, -0.2) is 12.2 Å². The number of hydrogen-bond acceptors (Lipinski definition) is 2. The van der Waals surface area contributed by atoms with Crippen molar-refractivity contribution in [3.05, 3.63) is 24.7 Å². The molecule has 13 heavy (non-hydrogen) atoms. The Morgan fingerprint density at radius 1 is 0.923 bits per heavy atom. The lowest BCUT2D eigenvalue weighted by Crippen LogP contribution is -2.08. The summed E-state index contributed by atoms with van der Waals surface area (Å²) in [5, 5.41) is 0. The molecule has 1 fully saturated rings. The Hall–Kier alpha value is -0.920. The topological polar surface area (TPSA) is 18.5 Å². The molecule has 0 bridgehead atoms. The Morgan fingerprint density at radius 2 is 1.38 bits per heavy atom. The van der Waals surface area contributed by atoms with Gasteiger partial charge in [-0.15, -0.1) is 0 Å². The lowest BCUT2D eigenvalue weighted by atomic mass is 10.3. The lowest BCUT2D eigenvalue weighted by Gasteiger charge is -2.10. The van der Waals surface area contributed by atoms with Gasteiger partial charge in [-0.05, 0) is 26.7 Å². The predicted octanol–water partition coefficient (Wildman–Crippen LogP) is 3.01. The first-order chi connectivity index (χ1) is 6.36. The van der Waals surface area contributed by atoms with Crippen LogP contribution >= 0.6 is 0 Å². The second-order valence-electron chi connectivity index (χ2n) is 3.27. The Kier molecular flexibility index (Phi) is 4.44. The predicted molar refractivity (Wildman–Crippen MR) is 53.2 cm³/mol. The molecule has 2 unspecified atom stereocenters. The molecular weight excluding hydrogens is 164 g/mol. The fourth-order valence-corrected chi connectivity index (χ4v) is 1.53. The molecule has 1 saturated carbocycles. The molecule has 0 radical (unpaired) electrons. The molecule has 2 atom stereocenters. The van der Waals surface area contributed by atoms with E-state index in [1.807, 2.05) is 26.0 Å². The van der Waals surface area contributed by atoms with Gasteiger partial charge in [0, 0.05) is 6.42 Å². The van der Waals surface area contributed by atoms with Crippen molar-refractivity contribution in [2.24, 2.45) is 0 Å². The van der Waals surface area contributed by atoms with Gasteiger partial charge in [0.05, 0.1) is 12.5 Å². The molecule has 0 aliphatic heterocycles. The minimum Gasteiger partial charge on any atom is -0.498 e. The molecular formula is C11H18O2. The van der Waals surface area contributed by atoms with E-state index in [9.17, 15) is 0 Å². The molecule has 2 heteroatoms. The standard InChI is InChI=1S/C11H18O2/c1-3-7-12-10-5-6-11(9-10)13-8-4-2/h3-4,7-8,10-11H,5-6,9H2,1-2H3. The van der Waals surface area contributed by atoms with Crippen LogP contribution in [0.3, 0.4) is 0 Å². The van der Waals surface area contributed by atoms with Gasteiger partial charge in [-0.1, -0.05) is 12.2 Å². The number of hydrogen-bond donors (Lipinski definition) is 0. The minimum absolute atomic E-state index is 0.353. The van der Waals surface area contributed by atoms with Crippen molar-refractivity contribution in [3.63, 3.8) is 0 Å². The van der Waals surface area contributed by atoms with E-state index in [0.717, 1.165) is 19.3 Å². The van der Waals surface area contributed by atoms with Crippen LogP contribution in [0.5, 0.6) is 0 Å². The molecule has 1 rings (SSSR count).